The molecule has 3 rings (SSSR count). The summed E-state index contributed by atoms with van der Waals surface area (Å²) >= 11 is 1.76. The van der Waals surface area contributed by atoms with E-state index in [4.69, 9.17) is 0 Å². The van der Waals surface area contributed by atoms with Crippen LogP contribution in [0.25, 0.3) is 0 Å². The molecule has 1 saturated heterocycles. The lowest BCUT2D eigenvalue weighted by Gasteiger charge is -2.31. The second kappa shape index (κ2) is 6.77. The molecular weight excluding hydrogens is 282 g/mol. The second-order valence-corrected chi connectivity index (χ2v) is 7.35. The van der Waals surface area contributed by atoms with Gasteiger partial charge in [0, 0.05) is 36.6 Å². The molecule has 2 amide bonds. The van der Waals surface area contributed by atoms with Gasteiger partial charge in [-0.15, -0.1) is 11.3 Å². The number of rotatable bonds is 4. The molecule has 2 atom stereocenters. The summed E-state index contributed by atoms with van der Waals surface area (Å²) in [5, 5.41) is 4.22. The highest BCUT2D eigenvalue weighted by molar-refractivity contribution is 7.11. The monoisotopic (exact) mass is 307 g/mol. The van der Waals surface area contributed by atoms with Gasteiger partial charge in [-0.3, -0.25) is 0 Å². The fraction of sp³-hybridized carbons (Fsp3) is 0.750. The predicted octanol–water partition coefficient (Wildman–Crippen LogP) is 3.22. The van der Waals surface area contributed by atoms with Gasteiger partial charge >= 0.3 is 6.03 Å². The first kappa shape index (κ1) is 14.8. The number of carbonyl (C=O) groups excluding carboxylic acids is 1. The van der Waals surface area contributed by atoms with Crippen LogP contribution in [0.3, 0.4) is 0 Å². The molecule has 4 nitrogen and oxygen atoms in total. The molecule has 1 aliphatic carbocycles. The van der Waals surface area contributed by atoms with Crippen molar-refractivity contribution >= 4 is 17.4 Å². The summed E-state index contributed by atoms with van der Waals surface area (Å²) in [5.74, 6) is 0.760. The largest absolute Gasteiger partial charge is 0.338 e. The Balaban J connectivity index is 1.45. The summed E-state index contributed by atoms with van der Waals surface area (Å²) in [7, 11) is 0. The zero-order valence-electron chi connectivity index (χ0n) is 12.8. The topological polar surface area (TPSA) is 45.2 Å². The van der Waals surface area contributed by atoms with Crippen molar-refractivity contribution in [3.8, 4) is 0 Å². The van der Waals surface area contributed by atoms with Crippen molar-refractivity contribution in [3.63, 3.8) is 0 Å². The molecule has 1 aliphatic heterocycles. The molecule has 0 radical (unpaired) electrons. The minimum Gasteiger partial charge on any atom is -0.338 e. The van der Waals surface area contributed by atoms with Crippen molar-refractivity contribution in [2.24, 2.45) is 5.92 Å². The van der Waals surface area contributed by atoms with Crippen LogP contribution in [0, 0.1) is 5.92 Å². The number of carbonyl (C=O) groups is 1. The van der Waals surface area contributed by atoms with Crippen molar-refractivity contribution in [1.82, 2.24) is 15.2 Å². The maximum absolute atomic E-state index is 12.3. The summed E-state index contributed by atoms with van der Waals surface area (Å²) in [6, 6.07) is 0.641. The Hall–Kier alpha value is -1.10. The summed E-state index contributed by atoms with van der Waals surface area (Å²) in [4.78, 5) is 20.2. The Kier molecular flexibility index (Phi) is 4.78. The van der Waals surface area contributed by atoms with E-state index in [9.17, 15) is 4.79 Å². The Bertz CT molecular complexity index is 488. The smallest absolute Gasteiger partial charge is 0.317 e. The highest BCUT2D eigenvalue weighted by Gasteiger charge is 2.37. The van der Waals surface area contributed by atoms with E-state index in [0.29, 0.717) is 12.6 Å². The van der Waals surface area contributed by atoms with Crippen molar-refractivity contribution in [2.45, 2.75) is 57.9 Å². The van der Waals surface area contributed by atoms with Crippen LogP contribution < -0.4 is 5.32 Å². The van der Waals surface area contributed by atoms with Gasteiger partial charge < -0.3 is 10.2 Å². The molecule has 0 spiro atoms. The highest BCUT2D eigenvalue weighted by atomic mass is 32.1. The number of aromatic nitrogens is 1. The average molecular weight is 307 g/mol. The number of nitrogens with zero attached hydrogens (tertiary/aromatic N) is 2. The van der Waals surface area contributed by atoms with Crippen LogP contribution in [0.15, 0.2) is 6.20 Å². The minimum atomic E-state index is 0.136. The lowest BCUT2D eigenvalue weighted by Crippen LogP contribution is -2.45. The van der Waals surface area contributed by atoms with E-state index in [1.807, 2.05) is 6.20 Å². The van der Waals surface area contributed by atoms with Gasteiger partial charge in [-0.05, 0) is 31.6 Å². The zero-order chi connectivity index (χ0) is 14.7. The third-order valence-corrected chi connectivity index (χ3v) is 6.04. The van der Waals surface area contributed by atoms with E-state index < -0.39 is 0 Å². The Labute approximate surface area is 130 Å². The van der Waals surface area contributed by atoms with Crippen LogP contribution in [0.4, 0.5) is 4.79 Å². The number of likely N-dealkylation sites (tertiary alicyclic amines) is 1. The molecule has 0 unspecified atom stereocenters. The van der Waals surface area contributed by atoms with E-state index in [1.165, 1.54) is 37.0 Å². The molecule has 1 saturated carbocycles. The molecule has 116 valence electrons. The van der Waals surface area contributed by atoms with Crippen LogP contribution >= 0.6 is 11.3 Å². The van der Waals surface area contributed by atoms with E-state index >= 15 is 0 Å². The lowest BCUT2D eigenvalue weighted by atomic mass is 9.85. The van der Waals surface area contributed by atoms with Gasteiger partial charge in [0.1, 0.15) is 0 Å². The van der Waals surface area contributed by atoms with Crippen LogP contribution in [0.1, 0.15) is 48.9 Å². The predicted molar refractivity (Wildman–Crippen MR) is 85.7 cm³/mol. The van der Waals surface area contributed by atoms with Crippen LogP contribution in [-0.2, 0) is 12.8 Å². The average Bonchev–Trinajstić information content (AvgIpc) is 3.13. The molecule has 0 bridgehead atoms. The number of nitrogens with one attached hydrogen (secondary N) is 1. The number of hydrogen-bond acceptors (Lipinski definition) is 3. The maximum atomic E-state index is 12.3. The second-order valence-electron chi connectivity index (χ2n) is 6.15. The normalized spacial score (nSPS) is 24.9. The first-order valence-electron chi connectivity index (χ1n) is 8.26. The van der Waals surface area contributed by atoms with Crippen LogP contribution in [-0.4, -0.2) is 35.0 Å². The molecule has 1 aromatic rings. The van der Waals surface area contributed by atoms with Gasteiger partial charge in [0.2, 0.25) is 0 Å². The third-order valence-electron chi connectivity index (χ3n) is 4.84. The molecule has 1 aromatic heterocycles. The Morgan fingerprint density at radius 1 is 1.43 bits per heavy atom. The van der Waals surface area contributed by atoms with Gasteiger partial charge in [0.15, 0.2) is 0 Å². The number of fused-ring (bicyclic) bond motifs is 1. The van der Waals surface area contributed by atoms with Gasteiger partial charge in [-0.1, -0.05) is 19.8 Å². The molecule has 21 heavy (non-hydrogen) atoms. The fourth-order valence-corrected chi connectivity index (χ4v) is 4.52. The number of urea groups is 1. The van der Waals surface area contributed by atoms with Gasteiger partial charge in [0.25, 0.3) is 0 Å². The van der Waals surface area contributed by atoms with Crippen molar-refractivity contribution in [3.05, 3.63) is 16.1 Å². The standard InChI is InChI=1S/C16H25N3OS/c1-2-13-11-18-15(21-13)7-9-17-16(20)19-10-8-12-5-3-4-6-14(12)19/h11-12,14H,2-10H2,1H3,(H,17,20)/t12-,14-/m0/s1. The molecule has 5 heteroatoms. The molecular formula is C16H25N3OS. The summed E-state index contributed by atoms with van der Waals surface area (Å²) in [6.07, 6.45) is 10.2. The molecule has 2 fully saturated rings. The fourth-order valence-electron chi connectivity index (χ4n) is 3.66. The number of hydrogen-bond donors (Lipinski definition) is 1. The van der Waals surface area contributed by atoms with Gasteiger partial charge in [0.05, 0.1) is 5.01 Å². The SMILES string of the molecule is CCc1cnc(CCNC(=O)N2CC[C@@H]3CCCC[C@@H]32)s1. The van der Waals surface area contributed by atoms with Crippen LogP contribution in [0.5, 0.6) is 0 Å². The van der Waals surface area contributed by atoms with Gasteiger partial charge in [-0.25, -0.2) is 9.78 Å². The van der Waals surface area contributed by atoms with Crippen LogP contribution in [0.2, 0.25) is 0 Å². The molecule has 2 aliphatic rings. The summed E-state index contributed by atoms with van der Waals surface area (Å²) in [5.41, 5.74) is 0. The minimum absolute atomic E-state index is 0.136. The highest BCUT2D eigenvalue weighted by Crippen LogP contribution is 2.35. The number of thiazole rings is 1. The first-order chi connectivity index (χ1) is 10.3. The van der Waals surface area contributed by atoms with Crippen molar-refractivity contribution < 1.29 is 4.79 Å². The summed E-state index contributed by atoms with van der Waals surface area (Å²) in [6.45, 7) is 3.79. The Morgan fingerprint density at radius 2 is 2.29 bits per heavy atom. The van der Waals surface area contributed by atoms with E-state index in [1.54, 1.807) is 11.3 Å². The summed E-state index contributed by atoms with van der Waals surface area (Å²) < 4.78 is 0. The van der Waals surface area contributed by atoms with E-state index in [-0.39, 0.29) is 6.03 Å². The number of amides is 2. The van der Waals surface area contributed by atoms with Crippen molar-refractivity contribution in [2.75, 3.05) is 13.1 Å². The zero-order valence-corrected chi connectivity index (χ0v) is 13.6. The van der Waals surface area contributed by atoms with E-state index in [0.717, 1.165) is 30.3 Å². The number of aryl methyl sites for hydroxylation is 1. The molecule has 0 aromatic carbocycles. The van der Waals surface area contributed by atoms with Gasteiger partial charge in [-0.2, -0.15) is 0 Å². The Morgan fingerprint density at radius 3 is 3.10 bits per heavy atom. The quantitative estimate of drug-likeness (QED) is 0.928. The molecule has 2 heterocycles. The first-order valence-corrected chi connectivity index (χ1v) is 9.07. The van der Waals surface area contributed by atoms with E-state index in [2.05, 4.69) is 22.1 Å². The maximum Gasteiger partial charge on any atom is 0.317 e. The van der Waals surface area contributed by atoms with Crippen molar-refractivity contribution in [1.29, 1.82) is 0 Å². The lowest BCUT2D eigenvalue weighted by molar-refractivity contribution is 0.170. The molecule has 1 N–H and O–H groups in total. The third kappa shape index (κ3) is 3.39.